The smallest absolute Gasteiger partial charge is 0.174 e. The number of nitriles is 1. The highest BCUT2D eigenvalue weighted by atomic mass is 16.5. The lowest BCUT2D eigenvalue weighted by Crippen LogP contribution is -2.21. The first-order chi connectivity index (χ1) is 8.22. The fourth-order valence-corrected chi connectivity index (χ4v) is 1.58. The van der Waals surface area contributed by atoms with Crippen LogP contribution in [-0.2, 0) is 6.42 Å². The highest BCUT2D eigenvalue weighted by Gasteiger charge is 2.12. The van der Waals surface area contributed by atoms with Crippen LogP contribution in [-0.4, -0.2) is 19.8 Å². The Labute approximate surface area is 102 Å². The predicted octanol–water partition coefficient (Wildman–Crippen LogP) is 1.88. The molecule has 0 fully saturated rings. The van der Waals surface area contributed by atoms with Crippen molar-refractivity contribution in [1.29, 1.82) is 5.26 Å². The summed E-state index contributed by atoms with van der Waals surface area (Å²) in [4.78, 5) is 0. The zero-order valence-corrected chi connectivity index (χ0v) is 10.3. The van der Waals surface area contributed by atoms with Gasteiger partial charge in [0.25, 0.3) is 0 Å². The predicted molar refractivity (Wildman–Crippen MR) is 66.1 cm³/mol. The fourth-order valence-electron chi connectivity index (χ4n) is 1.58. The van der Waals surface area contributed by atoms with Gasteiger partial charge in [-0.3, -0.25) is 0 Å². The molecule has 0 aliphatic carbocycles. The Bertz CT molecular complexity index is 399. The minimum absolute atomic E-state index is 0.00867. The normalized spacial score (nSPS) is 11.6. The van der Waals surface area contributed by atoms with Gasteiger partial charge in [-0.1, -0.05) is 19.1 Å². The quantitative estimate of drug-likeness (QED) is 0.816. The van der Waals surface area contributed by atoms with E-state index >= 15 is 0 Å². The molecule has 0 heterocycles. The van der Waals surface area contributed by atoms with Gasteiger partial charge in [-0.05, 0) is 24.5 Å². The van der Waals surface area contributed by atoms with Crippen LogP contribution in [0.15, 0.2) is 18.2 Å². The van der Waals surface area contributed by atoms with E-state index in [2.05, 4.69) is 0 Å². The summed E-state index contributed by atoms with van der Waals surface area (Å²) in [5.74, 6) is 1.27. The van der Waals surface area contributed by atoms with Crippen LogP contribution in [0.2, 0.25) is 0 Å². The molecule has 17 heavy (non-hydrogen) atoms. The van der Waals surface area contributed by atoms with Crippen LogP contribution >= 0.6 is 0 Å². The van der Waals surface area contributed by atoms with Crippen molar-refractivity contribution in [3.05, 3.63) is 23.8 Å². The van der Waals surface area contributed by atoms with Gasteiger partial charge in [-0.25, -0.2) is 0 Å². The average Bonchev–Trinajstić information content (AvgIpc) is 2.36. The molecule has 1 aromatic rings. The zero-order valence-electron chi connectivity index (χ0n) is 10.3. The fraction of sp³-hybridized carbons (Fsp3) is 0.462. The van der Waals surface area contributed by atoms with E-state index in [-0.39, 0.29) is 12.6 Å². The SMILES string of the molecule is CCC(N)Cc1cccc(OC)c1OCC#N. The van der Waals surface area contributed by atoms with Gasteiger partial charge < -0.3 is 15.2 Å². The van der Waals surface area contributed by atoms with Gasteiger partial charge in [0.05, 0.1) is 7.11 Å². The molecule has 92 valence electrons. The third-order valence-corrected chi connectivity index (χ3v) is 2.57. The molecule has 1 unspecified atom stereocenters. The van der Waals surface area contributed by atoms with Crippen molar-refractivity contribution in [2.75, 3.05) is 13.7 Å². The van der Waals surface area contributed by atoms with E-state index in [9.17, 15) is 0 Å². The van der Waals surface area contributed by atoms with Gasteiger partial charge in [-0.15, -0.1) is 0 Å². The molecule has 0 spiro atoms. The molecule has 0 radical (unpaired) electrons. The van der Waals surface area contributed by atoms with E-state index < -0.39 is 0 Å². The molecule has 0 bridgehead atoms. The van der Waals surface area contributed by atoms with Crippen molar-refractivity contribution in [1.82, 2.24) is 0 Å². The van der Waals surface area contributed by atoms with Crippen LogP contribution in [0, 0.1) is 11.3 Å². The summed E-state index contributed by atoms with van der Waals surface area (Å²) < 4.78 is 10.6. The number of para-hydroxylation sites is 1. The lowest BCUT2D eigenvalue weighted by atomic mass is 10.0. The van der Waals surface area contributed by atoms with Crippen LogP contribution in [0.25, 0.3) is 0 Å². The van der Waals surface area contributed by atoms with Gasteiger partial charge in [-0.2, -0.15) is 5.26 Å². The second kappa shape index (κ2) is 6.77. The Kier molecular flexibility index (Phi) is 5.31. The second-order valence-electron chi connectivity index (χ2n) is 3.77. The monoisotopic (exact) mass is 234 g/mol. The maximum Gasteiger partial charge on any atom is 0.174 e. The van der Waals surface area contributed by atoms with E-state index in [0.717, 1.165) is 12.0 Å². The van der Waals surface area contributed by atoms with E-state index in [1.807, 2.05) is 31.2 Å². The first kappa shape index (κ1) is 13.3. The van der Waals surface area contributed by atoms with Gasteiger partial charge in [0, 0.05) is 6.04 Å². The Morgan fingerprint density at radius 3 is 2.82 bits per heavy atom. The van der Waals surface area contributed by atoms with Crippen LogP contribution < -0.4 is 15.2 Å². The first-order valence-corrected chi connectivity index (χ1v) is 5.64. The van der Waals surface area contributed by atoms with Crippen molar-refractivity contribution >= 4 is 0 Å². The highest BCUT2D eigenvalue weighted by Crippen LogP contribution is 2.31. The number of hydrogen-bond acceptors (Lipinski definition) is 4. The van der Waals surface area contributed by atoms with E-state index in [4.69, 9.17) is 20.5 Å². The Morgan fingerprint density at radius 1 is 1.47 bits per heavy atom. The van der Waals surface area contributed by atoms with Crippen LogP contribution in [0.5, 0.6) is 11.5 Å². The summed E-state index contributed by atoms with van der Waals surface area (Å²) >= 11 is 0. The third-order valence-electron chi connectivity index (χ3n) is 2.57. The summed E-state index contributed by atoms with van der Waals surface area (Å²) in [6.07, 6.45) is 1.61. The molecule has 0 aliphatic heterocycles. The standard InChI is InChI=1S/C13H18N2O2/c1-3-11(15)9-10-5-4-6-12(16-2)13(10)17-8-7-14/h4-6,11H,3,8-9,15H2,1-2H3. The second-order valence-corrected chi connectivity index (χ2v) is 3.77. The minimum atomic E-state index is 0.00867. The molecule has 0 amide bonds. The number of ether oxygens (including phenoxy) is 2. The van der Waals surface area contributed by atoms with Crippen molar-refractivity contribution in [2.24, 2.45) is 5.73 Å². The number of hydrogen-bond donors (Lipinski definition) is 1. The summed E-state index contributed by atoms with van der Waals surface area (Å²) in [6, 6.07) is 7.70. The lowest BCUT2D eigenvalue weighted by molar-refractivity contribution is 0.325. The number of nitrogens with zero attached hydrogens (tertiary/aromatic N) is 1. The van der Waals surface area contributed by atoms with Crippen molar-refractivity contribution < 1.29 is 9.47 Å². The van der Waals surface area contributed by atoms with Gasteiger partial charge in [0.2, 0.25) is 0 Å². The number of benzene rings is 1. The molecule has 1 aromatic carbocycles. The van der Waals surface area contributed by atoms with Crippen molar-refractivity contribution in [3.63, 3.8) is 0 Å². The molecule has 4 nitrogen and oxygen atoms in total. The molecule has 0 saturated carbocycles. The van der Waals surface area contributed by atoms with Crippen LogP contribution in [0.3, 0.4) is 0 Å². The molecule has 1 atom stereocenters. The van der Waals surface area contributed by atoms with Gasteiger partial charge in [0.15, 0.2) is 18.1 Å². The maximum atomic E-state index is 8.57. The summed E-state index contributed by atoms with van der Waals surface area (Å²) in [5, 5.41) is 8.57. The Balaban J connectivity index is 2.97. The Hall–Kier alpha value is -1.73. The van der Waals surface area contributed by atoms with Gasteiger partial charge >= 0.3 is 0 Å². The van der Waals surface area contributed by atoms with Crippen LogP contribution in [0.1, 0.15) is 18.9 Å². The molecular formula is C13H18N2O2. The Morgan fingerprint density at radius 2 is 2.24 bits per heavy atom. The molecule has 1 rings (SSSR count). The highest BCUT2D eigenvalue weighted by molar-refractivity contribution is 5.47. The van der Waals surface area contributed by atoms with Crippen molar-refractivity contribution in [2.45, 2.75) is 25.8 Å². The number of methoxy groups -OCH3 is 1. The average molecular weight is 234 g/mol. The summed E-state index contributed by atoms with van der Waals surface area (Å²) in [6.45, 7) is 2.05. The topological polar surface area (TPSA) is 68.3 Å². The third kappa shape index (κ3) is 3.65. The molecule has 0 saturated heterocycles. The maximum absolute atomic E-state index is 8.57. The van der Waals surface area contributed by atoms with Gasteiger partial charge in [0.1, 0.15) is 6.07 Å². The van der Waals surface area contributed by atoms with E-state index in [1.54, 1.807) is 7.11 Å². The summed E-state index contributed by atoms with van der Waals surface area (Å²) in [5.41, 5.74) is 6.91. The minimum Gasteiger partial charge on any atom is -0.493 e. The van der Waals surface area contributed by atoms with E-state index in [1.165, 1.54) is 0 Å². The molecule has 0 aromatic heterocycles. The zero-order chi connectivity index (χ0) is 12.7. The summed E-state index contributed by atoms with van der Waals surface area (Å²) in [7, 11) is 1.58. The largest absolute Gasteiger partial charge is 0.493 e. The molecule has 2 N–H and O–H groups in total. The molecular weight excluding hydrogens is 216 g/mol. The van der Waals surface area contributed by atoms with E-state index in [0.29, 0.717) is 17.9 Å². The number of rotatable bonds is 6. The van der Waals surface area contributed by atoms with Crippen molar-refractivity contribution in [3.8, 4) is 17.6 Å². The first-order valence-electron chi connectivity index (χ1n) is 5.64. The molecule has 0 aliphatic rings. The molecule has 4 heteroatoms. The number of nitrogens with two attached hydrogens (primary N) is 1. The lowest BCUT2D eigenvalue weighted by Gasteiger charge is -2.15. The van der Waals surface area contributed by atoms with Crippen LogP contribution in [0.4, 0.5) is 0 Å².